The lowest BCUT2D eigenvalue weighted by molar-refractivity contribution is -0.126. The Morgan fingerprint density at radius 3 is 2.76 bits per heavy atom. The van der Waals surface area contributed by atoms with Crippen LogP contribution in [0.4, 0.5) is 4.79 Å². The van der Waals surface area contributed by atoms with Crippen molar-refractivity contribution >= 4 is 17.8 Å². The fourth-order valence-electron chi connectivity index (χ4n) is 2.61. The van der Waals surface area contributed by atoms with Gasteiger partial charge in [-0.1, -0.05) is 0 Å². The molecule has 21 heavy (non-hydrogen) atoms. The standard InChI is InChI=1S/C13H15N5O3/c1-8-4-15-10(5-14-8)12(20)17-3-2-9(7-17)18-11(19)6-16-13(18)21/h4-5,9H,2-3,6-7H2,1H3,(H,16,21). The van der Waals surface area contributed by atoms with Crippen LogP contribution < -0.4 is 5.32 Å². The first kappa shape index (κ1) is 13.5. The van der Waals surface area contributed by atoms with E-state index >= 15 is 0 Å². The van der Waals surface area contributed by atoms with E-state index in [9.17, 15) is 14.4 Å². The zero-order valence-electron chi connectivity index (χ0n) is 11.6. The molecular weight excluding hydrogens is 274 g/mol. The average Bonchev–Trinajstić information content (AvgIpc) is 3.06. The Bertz CT molecular complexity index is 584. The summed E-state index contributed by atoms with van der Waals surface area (Å²) in [6, 6.07) is -0.642. The lowest BCUT2D eigenvalue weighted by Crippen LogP contribution is -2.43. The molecule has 2 fully saturated rings. The SMILES string of the molecule is Cc1cnc(C(=O)N2CCC(N3C(=O)CNC3=O)C2)cn1. The van der Waals surface area contributed by atoms with E-state index in [1.54, 1.807) is 11.8 Å². The summed E-state index contributed by atoms with van der Waals surface area (Å²) in [6.07, 6.45) is 3.57. The summed E-state index contributed by atoms with van der Waals surface area (Å²) in [4.78, 5) is 46.5. The van der Waals surface area contributed by atoms with Crippen LogP contribution in [-0.4, -0.2) is 63.3 Å². The number of aromatic nitrogens is 2. The summed E-state index contributed by atoms with van der Waals surface area (Å²) in [7, 11) is 0. The van der Waals surface area contributed by atoms with Crippen LogP contribution in [0.3, 0.4) is 0 Å². The molecule has 0 radical (unpaired) electrons. The topological polar surface area (TPSA) is 95.5 Å². The molecule has 0 saturated carbocycles. The van der Waals surface area contributed by atoms with E-state index in [0.29, 0.717) is 19.5 Å². The number of imide groups is 1. The summed E-state index contributed by atoms with van der Waals surface area (Å²) in [6.45, 7) is 2.67. The molecule has 0 aromatic carbocycles. The van der Waals surface area contributed by atoms with Crippen LogP contribution in [-0.2, 0) is 4.79 Å². The predicted octanol–water partition coefficient (Wildman–Crippen LogP) is -0.449. The van der Waals surface area contributed by atoms with Crippen LogP contribution >= 0.6 is 0 Å². The second kappa shape index (κ2) is 5.12. The molecule has 0 spiro atoms. The molecule has 1 unspecified atom stereocenters. The Morgan fingerprint density at radius 1 is 1.33 bits per heavy atom. The van der Waals surface area contributed by atoms with Crippen molar-refractivity contribution in [1.82, 2.24) is 25.1 Å². The fourth-order valence-corrected chi connectivity index (χ4v) is 2.61. The van der Waals surface area contributed by atoms with Crippen molar-refractivity contribution in [2.24, 2.45) is 0 Å². The number of urea groups is 1. The quantitative estimate of drug-likeness (QED) is 0.744. The second-order valence-corrected chi connectivity index (χ2v) is 5.16. The van der Waals surface area contributed by atoms with Crippen LogP contribution in [0.2, 0.25) is 0 Å². The highest BCUT2D eigenvalue weighted by atomic mass is 16.2. The van der Waals surface area contributed by atoms with Gasteiger partial charge in [-0.2, -0.15) is 0 Å². The third kappa shape index (κ3) is 2.44. The maximum Gasteiger partial charge on any atom is 0.324 e. The van der Waals surface area contributed by atoms with Crippen molar-refractivity contribution in [3.8, 4) is 0 Å². The minimum atomic E-state index is -0.380. The molecule has 8 nitrogen and oxygen atoms in total. The molecule has 3 rings (SSSR count). The maximum atomic E-state index is 12.3. The Balaban J connectivity index is 1.69. The first-order valence-electron chi connectivity index (χ1n) is 6.74. The van der Waals surface area contributed by atoms with Crippen LogP contribution in [0.5, 0.6) is 0 Å². The fraction of sp³-hybridized carbons (Fsp3) is 0.462. The molecule has 1 aromatic rings. The summed E-state index contributed by atoms with van der Waals surface area (Å²) < 4.78 is 0. The van der Waals surface area contributed by atoms with Crippen LogP contribution in [0.15, 0.2) is 12.4 Å². The molecule has 2 saturated heterocycles. The monoisotopic (exact) mass is 289 g/mol. The Hall–Kier alpha value is -2.51. The highest BCUT2D eigenvalue weighted by Gasteiger charge is 2.39. The molecule has 2 aliphatic heterocycles. The Kier molecular flexibility index (Phi) is 3.28. The van der Waals surface area contributed by atoms with E-state index in [1.807, 2.05) is 0 Å². The van der Waals surface area contributed by atoms with E-state index in [2.05, 4.69) is 15.3 Å². The van der Waals surface area contributed by atoms with Crippen LogP contribution in [0.1, 0.15) is 22.6 Å². The maximum absolute atomic E-state index is 12.3. The van der Waals surface area contributed by atoms with Gasteiger partial charge in [-0.25, -0.2) is 9.78 Å². The number of nitrogens with zero attached hydrogens (tertiary/aromatic N) is 4. The lowest BCUT2D eigenvalue weighted by Gasteiger charge is -2.21. The Labute approximate surface area is 121 Å². The van der Waals surface area contributed by atoms with Gasteiger partial charge in [-0.3, -0.25) is 19.5 Å². The molecule has 3 heterocycles. The highest BCUT2D eigenvalue weighted by molar-refractivity contribution is 6.02. The molecule has 8 heteroatoms. The number of rotatable bonds is 2. The van der Waals surface area contributed by atoms with Crippen molar-refractivity contribution in [2.45, 2.75) is 19.4 Å². The number of nitrogens with one attached hydrogen (secondary N) is 1. The van der Waals surface area contributed by atoms with E-state index < -0.39 is 0 Å². The van der Waals surface area contributed by atoms with E-state index in [4.69, 9.17) is 0 Å². The molecule has 4 amide bonds. The van der Waals surface area contributed by atoms with Crippen molar-refractivity contribution in [3.05, 3.63) is 23.8 Å². The van der Waals surface area contributed by atoms with Gasteiger partial charge >= 0.3 is 6.03 Å². The van der Waals surface area contributed by atoms with E-state index in [-0.39, 0.29) is 36.1 Å². The largest absolute Gasteiger partial charge is 0.335 e. The molecule has 1 atom stereocenters. The van der Waals surface area contributed by atoms with Gasteiger partial charge in [0.25, 0.3) is 5.91 Å². The van der Waals surface area contributed by atoms with E-state index in [1.165, 1.54) is 17.3 Å². The molecule has 1 aromatic heterocycles. The van der Waals surface area contributed by atoms with E-state index in [0.717, 1.165) is 5.69 Å². The van der Waals surface area contributed by atoms with Gasteiger partial charge in [-0.15, -0.1) is 0 Å². The number of hydrogen-bond donors (Lipinski definition) is 1. The number of carbonyl (C=O) groups excluding carboxylic acids is 3. The first-order valence-corrected chi connectivity index (χ1v) is 6.74. The molecule has 1 N–H and O–H groups in total. The van der Waals surface area contributed by atoms with Crippen molar-refractivity contribution in [2.75, 3.05) is 19.6 Å². The minimum Gasteiger partial charge on any atom is -0.335 e. The third-order valence-corrected chi connectivity index (χ3v) is 3.69. The predicted molar refractivity (Wildman–Crippen MR) is 71.3 cm³/mol. The van der Waals surface area contributed by atoms with Crippen molar-refractivity contribution in [3.63, 3.8) is 0 Å². The lowest BCUT2D eigenvalue weighted by atomic mass is 10.2. The molecule has 110 valence electrons. The van der Waals surface area contributed by atoms with Crippen molar-refractivity contribution < 1.29 is 14.4 Å². The molecular formula is C13H15N5O3. The zero-order chi connectivity index (χ0) is 15.0. The second-order valence-electron chi connectivity index (χ2n) is 5.16. The van der Waals surface area contributed by atoms with Gasteiger partial charge in [0.05, 0.1) is 24.5 Å². The van der Waals surface area contributed by atoms with Gasteiger partial charge in [0.1, 0.15) is 5.69 Å². The zero-order valence-corrected chi connectivity index (χ0v) is 11.6. The van der Waals surface area contributed by atoms with Gasteiger partial charge in [0.15, 0.2) is 0 Å². The van der Waals surface area contributed by atoms with Gasteiger partial charge < -0.3 is 10.2 Å². The highest BCUT2D eigenvalue weighted by Crippen LogP contribution is 2.19. The van der Waals surface area contributed by atoms with Gasteiger partial charge in [-0.05, 0) is 13.3 Å². The number of likely N-dealkylation sites (tertiary alicyclic amines) is 1. The molecule has 2 aliphatic rings. The normalized spacial score (nSPS) is 21.9. The number of hydrogen-bond acceptors (Lipinski definition) is 5. The Morgan fingerprint density at radius 2 is 2.14 bits per heavy atom. The molecule has 0 bridgehead atoms. The number of aryl methyl sites for hydroxylation is 1. The number of carbonyl (C=O) groups is 3. The minimum absolute atomic E-state index is 0.0344. The summed E-state index contributed by atoms with van der Waals surface area (Å²) >= 11 is 0. The van der Waals surface area contributed by atoms with Crippen LogP contribution in [0, 0.1) is 6.92 Å². The summed E-state index contributed by atoms with van der Waals surface area (Å²) in [5.74, 6) is -0.466. The smallest absolute Gasteiger partial charge is 0.324 e. The van der Waals surface area contributed by atoms with Gasteiger partial charge in [0.2, 0.25) is 5.91 Å². The molecule has 0 aliphatic carbocycles. The summed E-state index contributed by atoms with van der Waals surface area (Å²) in [5.41, 5.74) is 1.02. The average molecular weight is 289 g/mol. The van der Waals surface area contributed by atoms with Crippen molar-refractivity contribution in [1.29, 1.82) is 0 Å². The first-order chi connectivity index (χ1) is 10.1. The van der Waals surface area contributed by atoms with Gasteiger partial charge in [0, 0.05) is 19.3 Å². The number of amides is 4. The van der Waals surface area contributed by atoms with Crippen LogP contribution in [0.25, 0.3) is 0 Å². The third-order valence-electron chi connectivity index (χ3n) is 3.69. The summed E-state index contributed by atoms with van der Waals surface area (Å²) in [5, 5.41) is 2.49.